The zero-order valence-corrected chi connectivity index (χ0v) is 11.5. The van der Waals surface area contributed by atoms with Crippen LogP contribution in [0.2, 0.25) is 0 Å². The van der Waals surface area contributed by atoms with Gasteiger partial charge in [0.25, 0.3) is 0 Å². The lowest BCUT2D eigenvalue weighted by Crippen LogP contribution is -2.23. The summed E-state index contributed by atoms with van der Waals surface area (Å²) >= 11 is 0. The summed E-state index contributed by atoms with van der Waals surface area (Å²) in [4.78, 5) is 8.15. The Morgan fingerprint density at radius 1 is 1.28 bits per heavy atom. The molecule has 0 aromatic carbocycles. The van der Waals surface area contributed by atoms with Gasteiger partial charge in [-0.15, -0.1) is 0 Å². The summed E-state index contributed by atoms with van der Waals surface area (Å²) in [5.41, 5.74) is 3.25. The van der Waals surface area contributed by atoms with E-state index in [1.807, 2.05) is 27.7 Å². The van der Waals surface area contributed by atoms with Gasteiger partial charge >= 0.3 is 0 Å². The highest BCUT2D eigenvalue weighted by Crippen LogP contribution is 2.21. The fourth-order valence-corrected chi connectivity index (χ4v) is 1.45. The molecule has 1 rings (SSSR count). The molecule has 0 aliphatic rings. The van der Waals surface area contributed by atoms with E-state index in [1.54, 1.807) is 0 Å². The fraction of sp³-hybridized carbons (Fsp3) is 0.667. The molecule has 1 aromatic heterocycles. The van der Waals surface area contributed by atoms with Crippen molar-refractivity contribution in [2.75, 3.05) is 18.6 Å². The fourth-order valence-electron chi connectivity index (χ4n) is 1.45. The molecule has 0 amide bonds. The van der Waals surface area contributed by atoms with Crippen molar-refractivity contribution in [3.63, 3.8) is 0 Å². The summed E-state index contributed by atoms with van der Waals surface area (Å²) in [6, 6.07) is 0. The SMILES string of the molecule is CCc1c(NN)ncnc1OCCOC(C)(C)C. The third kappa shape index (κ3) is 4.46. The first-order chi connectivity index (χ1) is 8.48. The number of nitrogens with two attached hydrogens (primary N) is 1. The zero-order chi connectivity index (χ0) is 13.6. The number of rotatable bonds is 6. The third-order valence-electron chi connectivity index (χ3n) is 2.25. The monoisotopic (exact) mass is 254 g/mol. The highest BCUT2D eigenvalue weighted by Gasteiger charge is 2.12. The Balaban J connectivity index is 2.57. The maximum Gasteiger partial charge on any atom is 0.221 e. The molecule has 0 saturated carbocycles. The highest BCUT2D eigenvalue weighted by molar-refractivity contribution is 5.47. The smallest absolute Gasteiger partial charge is 0.221 e. The maximum atomic E-state index is 5.59. The second-order valence-electron chi connectivity index (χ2n) is 4.81. The van der Waals surface area contributed by atoms with Crippen LogP contribution in [0.4, 0.5) is 5.82 Å². The topological polar surface area (TPSA) is 82.3 Å². The van der Waals surface area contributed by atoms with Crippen LogP contribution in [-0.2, 0) is 11.2 Å². The summed E-state index contributed by atoms with van der Waals surface area (Å²) in [6.07, 6.45) is 2.17. The molecule has 0 aliphatic carbocycles. The van der Waals surface area contributed by atoms with Crippen molar-refractivity contribution in [2.45, 2.75) is 39.7 Å². The Labute approximate surface area is 108 Å². The highest BCUT2D eigenvalue weighted by atomic mass is 16.5. The molecule has 0 atom stereocenters. The number of aromatic nitrogens is 2. The van der Waals surface area contributed by atoms with Crippen molar-refractivity contribution in [2.24, 2.45) is 5.84 Å². The van der Waals surface area contributed by atoms with Crippen LogP contribution in [0.1, 0.15) is 33.3 Å². The molecule has 6 nitrogen and oxygen atoms in total. The number of anilines is 1. The number of nitrogens with one attached hydrogen (secondary N) is 1. The van der Waals surface area contributed by atoms with Crippen LogP contribution in [0.25, 0.3) is 0 Å². The van der Waals surface area contributed by atoms with Crippen molar-refractivity contribution in [3.05, 3.63) is 11.9 Å². The predicted octanol–water partition coefficient (Wildman–Crippen LogP) is 1.52. The second-order valence-corrected chi connectivity index (χ2v) is 4.81. The minimum atomic E-state index is -0.160. The molecule has 6 heteroatoms. The number of hydrazine groups is 1. The van der Waals surface area contributed by atoms with E-state index in [4.69, 9.17) is 15.3 Å². The van der Waals surface area contributed by atoms with Gasteiger partial charge in [-0.3, -0.25) is 0 Å². The quantitative estimate of drug-likeness (QED) is 0.455. The van der Waals surface area contributed by atoms with E-state index >= 15 is 0 Å². The summed E-state index contributed by atoms with van der Waals surface area (Å²) in [7, 11) is 0. The standard InChI is InChI=1S/C12H22N4O2/c1-5-9-10(16-13)14-8-15-11(9)17-6-7-18-12(2,3)4/h8H,5-7,13H2,1-4H3,(H,14,15,16). The lowest BCUT2D eigenvalue weighted by molar-refractivity contribution is -0.0169. The molecule has 1 heterocycles. The molecular weight excluding hydrogens is 232 g/mol. The Morgan fingerprint density at radius 3 is 2.56 bits per heavy atom. The van der Waals surface area contributed by atoms with Gasteiger partial charge in [0.1, 0.15) is 18.8 Å². The lowest BCUT2D eigenvalue weighted by atomic mass is 10.2. The van der Waals surface area contributed by atoms with Gasteiger partial charge < -0.3 is 14.9 Å². The Morgan fingerprint density at radius 2 is 2.00 bits per heavy atom. The molecule has 3 N–H and O–H groups in total. The molecule has 0 spiro atoms. The summed E-state index contributed by atoms with van der Waals surface area (Å²) < 4.78 is 11.2. The lowest BCUT2D eigenvalue weighted by Gasteiger charge is -2.19. The van der Waals surface area contributed by atoms with Gasteiger partial charge in [0, 0.05) is 0 Å². The van der Waals surface area contributed by atoms with Crippen LogP contribution < -0.4 is 16.0 Å². The van der Waals surface area contributed by atoms with Gasteiger partial charge in [-0.05, 0) is 27.2 Å². The first-order valence-electron chi connectivity index (χ1n) is 6.05. The van der Waals surface area contributed by atoms with Gasteiger partial charge in [-0.25, -0.2) is 15.8 Å². The number of hydrogen-bond donors (Lipinski definition) is 2. The van der Waals surface area contributed by atoms with E-state index in [0.717, 1.165) is 12.0 Å². The van der Waals surface area contributed by atoms with Crippen LogP contribution >= 0.6 is 0 Å². The minimum absolute atomic E-state index is 0.160. The van der Waals surface area contributed by atoms with E-state index in [9.17, 15) is 0 Å². The van der Waals surface area contributed by atoms with Crippen molar-refractivity contribution in [3.8, 4) is 5.88 Å². The number of nitrogen functional groups attached to an aromatic ring is 1. The Hall–Kier alpha value is -1.40. The molecule has 0 saturated heterocycles. The second kappa shape index (κ2) is 6.51. The summed E-state index contributed by atoms with van der Waals surface area (Å²) in [5, 5.41) is 0. The van der Waals surface area contributed by atoms with Gasteiger partial charge in [0.2, 0.25) is 5.88 Å². The molecule has 0 fully saturated rings. The number of nitrogens with zero attached hydrogens (tertiary/aromatic N) is 2. The Kier molecular flexibility index (Phi) is 5.30. The van der Waals surface area contributed by atoms with Gasteiger partial charge in [0.05, 0.1) is 17.8 Å². The average Bonchev–Trinajstić information content (AvgIpc) is 2.32. The van der Waals surface area contributed by atoms with Crippen molar-refractivity contribution in [1.29, 1.82) is 0 Å². The summed E-state index contributed by atoms with van der Waals surface area (Å²) in [6.45, 7) is 8.98. The predicted molar refractivity (Wildman–Crippen MR) is 70.4 cm³/mol. The molecular formula is C12H22N4O2. The molecule has 102 valence electrons. The maximum absolute atomic E-state index is 5.59. The number of hydrogen-bond acceptors (Lipinski definition) is 6. The van der Waals surface area contributed by atoms with E-state index in [1.165, 1.54) is 6.33 Å². The molecule has 0 unspecified atom stereocenters. The molecule has 0 radical (unpaired) electrons. The van der Waals surface area contributed by atoms with Crippen LogP contribution in [-0.4, -0.2) is 28.8 Å². The van der Waals surface area contributed by atoms with E-state index in [0.29, 0.717) is 24.9 Å². The first kappa shape index (κ1) is 14.7. The van der Waals surface area contributed by atoms with E-state index < -0.39 is 0 Å². The van der Waals surface area contributed by atoms with Crippen LogP contribution in [0.5, 0.6) is 5.88 Å². The van der Waals surface area contributed by atoms with Crippen LogP contribution in [0, 0.1) is 0 Å². The van der Waals surface area contributed by atoms with Crippen molar-refractivity contribution < 1.29 is 9.47 Å². The third-order valence-corrected chi connectivity index (χ3v) is 2.25. The van der Waals surface area contributed by atoms with Crippen molar-refractivity contribution >= 4 is 5.82 Å². The number of ether oxygens (including phenoxy) is 2. The normalized spacial score (nSPS) is 11.4. The summed E-state index contributed by atoms with van der Waals surface area (Å²) in [5.74, 6) is 6.54. The van der Waals surface area contributed by atoms with Crippen LogP contribution in [0.15, 0.2) is 6.33 Å². The molecule has 18 heavy (non-hydrogen) atoms. The van der Waals surface area contributed by atoms with Crippen LogP contribution in [0.3, 0.4) is 0 Å². The Bertz CT molecular complexity index is 377. The average molecular weight is 254 g/mol. The molecule has 0 bridgehead atoms. The largest absolute Gasteiger partial charge is 0.475 e. The zero-order valence-electron chi connectivity index (χ0n) is 11.5. The van der Waals surface area contributed by atoms with E-state index in [-0.39, 0.29) is 5.60 Å². The van der Waals surface area contributed by atoms with Gasteiger partial charge in [-0.2, -0.15) is 0 Å². The minimum Gasteiger partial charge on any atom is -0.475 e. The van der Waals surface area contributed by atoms with Gasteiger partial charge in [0.15, 0.2) is 0 Å². The molecule has 1 aromatic rings. The van der Waals surface area contributed by atoms with Crippen molar-refractivity contribution in [1.82, 2.24) is 9.97 Å². The first-order valence-corrected chi connectivity index (χ1v) is 6.05. The van der Waals surface area contributed by atoms with E-state index in [2.05, 4.69) is 15.4 Å². The molecule has 0 aliphatic heterocycles. The van der Waals surface area contributed by atoms with Gasteiger partial charge in [-0.1, -0.05) is 6.92 Å².